The Labute approximate surface area is 116 Å². The highest BCUT2D eigenvalue weighted by molar-refractivity contribution is 5.67. The molecule has 0 aromatic carbocycles. The average Bonchev–Trinajstić information content (AvgIpc) is 2.77. The summed E-state index contributed by atoms with van der Waals surface area (Å²) in [6, 6.07) is 0.245. The molecule has 1 fully saturated rings. The summed E-state index contributed by atoms with van der Waals surface area (Å²) < 4.78 is 10.5. The third-order valence-electron chi connectivity index (χ3n) is 3.02. The van der Waals surface area contributed by atoms with Crippen LogP contribution in [0.1, 0.15) is 40.5 Å². The minimum absolute atomic E-state index is 0.245. The summed E-state index contributed by atoms with van der Waals surface area (Å²) in [7, 11) is 0. The molecule has 2 atom stereocenters. The van der Waals surface area contributed by atoms with Crippen LogP contribution in [0.5, 0.6) is 0 Å². The third kappa shape index (κ3) is 8.06. The molecule has 1 aliphatic heterocycles. The van der Waals surface area contributed by atoms with Gasteiger partial charge in [0.2, 0.25) is 0 Å². The molecule has 0 aromatic heterocycles. The quantitative estimate of drug-likeness (QED) is 0.775. The maximum Gasteiger partial charge on any atom is 0.407 e. The lowest BCUT2D eigenvalue weighted by molar-refractivity contribution is 0.0523. The van der Waals surface area contributed by atoms with Crippen molar-refractivity contribution in [3.05, 3.63) is 0 Å². The summed E-state index contributed by atoms with van der Waals surface area (Å²) in [4.78, 5) is 11.5. The molecule has 1 amide bonds. The molecule has 0 saturated carbocycles. The van der Waals surface area contributed by atoms with Crippen LogP contribution >= 0.6 is 0 Å². The second kappa shape index (κ2) is 7.70. The molecule has 1 heterocycles. The van der Waals surface area contributed by atoms with E-state index in [4.69, 9.17) is 9.47 Å². The molecule has 1 rings (SSSR count). The number of amides is 1. The van der Waals surface area contributed by atoms with Gasteiger partial charge in [-0.15, -0.1) is 0 Å². The maximum absolute atomic E-state index is 11.5. The lowest BCUT2D eigenvalue weighted by Crippen LogP contribution is -2.41. The molecule has 19 heavy (non-hydrogen) atoms. The van der Waals surface area contributed by atoms with Gasteiger partial charge in [-0.3, -0.25) is 0 Å². The molecule has 0 bridgehead atoms. The molecule has 0 aromatic rings. The van der Waals surface area contributed by atoms with E-state index in [-0.39, 0.29) is 12.1 Å². The van der Waals surface area contributed by atoms with E-state index in [1.807, 2.05) is 20.8 Å². The summed E-state index contributed by atoms with van der Waals surface area (Å²) in [5.74, 6) is 0.693. The Balaban J connectivity index is 2.03. The van der Waals surface area contributed by atoms with E-state index < -0.39 is 5.60 Å². The number of alkyl carbamates (subject to hydrolysis) is 1. The predicted molar refractivity (Wildman–Crippen MR) is 75.2 cm³/mol. The van der Waals surface area contributed by atoms with E-state index in [1.54, 1.807) is 0 Å². The monoisotopic (exact) mass is 272 g/mol. The topological polar surface area (TPSA) is 59.6 Å². The smallest absolute Gasteiger partial charge is 0.407 e. The minimum atomic E-state index is -0.441. The van der Waals surface area contributed by atoms with Crippen molar-refractivity contribution >= 4 is 6.09 Å². The van der Waals surface area contributed by atoms with Gasteiger partial charge in [0.25, 0.3) is 0 Å². The van der Waals surface area contributed by atoms with Crippen LogP contribution in [-0.2, 0) is 9.47 Å². The van der Waals surface area contributed by atoms with Crippen LogP contribution in [0.3, 0.4) is 0 Å². The van der Waals surface area contributed by atoms with Crippen molar-refractivity contribution in [1.82, 2.24) is 10.6 Å². The normalized spacial score (nSPS) is 21.2. The van der Waals surface area contributed by atoms with Crippen LogP contribution < -0.4 is 10.6 Å². The fourth-order valence-electron chi connectivity index (χ4n) is 1.97. The van der Waals surface area contributed by atoms with Gasteiger partial charge in [0.15, 0.2) is 0 Å². The van der Waals surface area contributed by atoms with Crippen molar-refractivity contribution < 1.29 is 14.3 Å². The van der Waals surface area contributed by atoms with E-state index in [9.17, 15) is 4.79 Å². The first-order valence-electron chi connectivity index (χ1n) is 7.15. The summed E-state index contributed by atoms with van der Waals surface area (Å²) in [5.41, 5.74) is -0.441. The zero-order chi connectivity index (χ0) is 14.3. The van der Waals surface area contributed by atoms with Gasteiger partial charge in [-0.2, -0.15) is 0 Å². The Bertz CT molecular complexity index is 270. The first-order valence-corrected chi connectivity index (χ1v) is 7.15. The zero-order valence-electron chi connectivity index (χ0n) is 12.6. The van der Waals surface area contributed by atoms with Gasteiger partial charge in [0.05, 0.1) is 0 Å². The average molecular weight is 272 g/mol. The van der Waals surface area contributed by atoms with Crippen LogP contribution in [-0.4, -0.2) is 44.0 Å². The molecule has 1 saturated heterocycles. The minimum Gasteiger partial charge on any atom is -0.444 e. The maximum atomic E-state index is 11.5. The number of nitrogens with one attached hydrogen (secondary N) is 2. The highest BCUT2D eigenvalue weighted by Crippen LogP contribution is 2.15. The Morgan fingerprint density at radius 3 is 2.79 bits per heavy atom. The summed E-state index contributed by atoms with van der Waals surface area (Å²) in [5, 5.41) is 6.17. The lowest BCUT2D eigenvalue weighted by Gasteiger charge is -2.21. The van der Waals surface area contributed by atoms with E-state index in [1.165, 1.54) is 6.42 Å². The predicted octanol–water partition coefficient (Wildman–Crippen LogP) is 1.92. The largest absolute Gasteiger partial charge is 0.444 e. The van der Waals surface area contributed by atoms with Crippen molar-refractivity contribution in [2.24, 2.45) is 5.92 Å². The van der Waals surface area contributed by atoms with Crippen LogP contribution in [0.25, 0.3) is 0 Å². The number of hydrogen-bond donors (Lipinski definition) is 2. The Morgan fingerprint density at radius 2 is 2.21 bits per heavy atom. The van der Waals surface area contributed by atoms with Crippen LogP contribution in [0, 0.1) is 5.92 Å². The van der Waals surface area contributed by atoms with Crippen molar-refractivity contribution in [2.75, 3.05) is 26.3 Å². The highest BCUT2D eigenvalue weighted by Gasteiger charge is 2.17. The van der Waals surface area contributed by atoms with Crippen LogP contribution in [0.2, 0.25) is 0 Å². The van der Waals surface area contributed by atoms with Gasteiger partial charge in [0, 0.05) is 25.8 Å². The third-order valence-corrected chi connectivity index (χ3v) is 3.02. The standard InChI is InChI=1S/C14H28N2O3/c1-11(9-16-13(17)19-14(2,3)4)15-7-5-12-6-8-18-10-12/h11-12,15H,5-10H2,1-4H3,(H,16,17). The first kappa shape index (κ1) is 16.2. The molecule has 5 nitrogen and oxygen atoms in total. The summed E-state index contributed by atoms with van der Waals surface area (Å²) in [6.07, 6.45) is 1.95. The van der Waals surface area contributed by atoms with Gasteiger partial charge in [0.1, 0.15) is 5.60 Å². The molecule has 0 aliphatic carbocycles. The fraction of sp³-hybridized carbons (Fsp3) is 0.929. The van der Waals surface area contributed by atoms with Gasteiger partial charge < -0.3 is 20.1 Å². The summed E-state index contributed by atoms with van der Waals surface area (Å²) >= 11 is 0. The van der Waals surface area contributed by atoms with Crippen LogP contribution in [0.4, 0.5) is 4.79 Å². The summed E-state index contributed by atoms with van der Waals surface area (Å²) in [6.45, 7) is 11.0. The van der Waals surface area contributed by atoms with Gasteiger partial charge in [-0.1, -0.05) is 0 Å². The molecule has 1 aliphatic rings. The first-order chi connectivity index (χ1) is 8.87. The molecule has 0 radical (unpaired) electrons. The molecular formula is C14H28N2O3. The molecule has 2 N–H and O–H groups in total. The number of rotatable bonds is 6. The Morgan fingerprint density at radius 1 is 1.47 bits per heavy atom. The van der Waals surface area contributed by atoms with Gasteiger partial charge in [-0.25, -0.2) is 4.79 Å². The molecule has 0 spiro atoms. The molecular weight excluding hydrogens is 244 g/mol. The molecule has 2 unspecified atom stereocenters. The van der Waals surface area contributed by atoms with Crippen molar-refractivity contribution in [2.45, 2.75) is 52.2 Å². The molecule has 112 valence electrons. The number of ether oxygens (including phenoxy) is 2. The number of carbonyl (C=O) groups excluding carboxylic acids is 1. The Kier molecular flexibility index (Phi) is 6.58. The number of hydrogen-bond acceptors (Lipinski definition) is 4. The van der Waals surface area contributed by atoms with Crippen LogP contribution in [0.15, 0.2) is 0 Å². The second-order valence-electron chi connectivity index (χ2n) is 6.26. The number of carbonyl (C=O) groups is 1. The van der Waals surface area contributed by atoms with Crippen molar-refractivity contribution in [1.29, 1.82) is 0 Å². The Hall–Kier alpha value is -0.810. The molecule has 5 heteroatoms. The lowest BCUT2D eigenvalue weighted by atomic mass is 10.1. The zero-order valence-corrected chi connectivity index (χ0v) is 12.6. The highest BCUT2D eigenvalue weighted by atomic mass is 16.6. The second-order valence-corrected chi connectivity index (χ2v) is 6.26. The van der Waals surface area contributed by atoms with E-state index in [0.29, 0.717) is 12.5 Å². The van der Waals surface area contributed by atoms with Crippen molar-refractivity contribution in [3.8, 4) is 0 Å². The van der Waals surface area contributed by atoms with Gasteiger partial charge in [-0.05, 0) is 53.0 Å². The van der Waals surface area contributed by atoms with E-state index in [0.717, 1.165) is 26.2 Å². The van der Waals surface area contributed by atoms with E-state index >= 15 is 0 Å². The fourth-order valence-corrected chi connectivity index (χ4v) is 1.97. The van der Waals surface area contributed by atoms with E-state index in [2.05, 4.69) is 17.6 Å². The van der Waals surface area contributed by atoms with Gasteiger partial charge >= 0.3 is 6.09 Å². The SMILES string of the molecule is CC(CNC(=O)OC(C)(C)C)NCCC1CCOC1. The van der Waals surface area contributed by atoms with Crippen molar-refractivity contribution in [3.63, 3.8) is 0 Å².